The molecule has 0 atom stereocenters. The highest BCUT2D eigenvalue weighted by atomic mass is 16.6. The van der Waals surface area contributed by atoms with Crippen molar-refractivity contribution in [1.29, 1.82) is 0 Å². The van der Waals surface area contributed by atoms with Crippen LogP contribution in [0.25, 0.3) is 16.8 Å². The Hall–Kier alpha value is -4.92. The van der Waals surface area contributed by atoms with Gasteiger partial charge in [0, 0.05) is 37.4 Å². The topological polar surface area (TPSA) is 111 Å². The molecule has 0 spiro atoms. The largest absolute Gasteiger partial charge is 0.444 e. The summed E-state index contributed by atoms with van der Waals surface area (Å²) in [5, 5.41) is 4.31. The molecule has 1 aromatic heterocycles. The summed E-state index contributed by atoms with van der Waals surface area (Å²) in [5.41, 5.74) is 11.2. The average molecular weight is 580 g/mol. The summed E-state index contributed by atoms with van der Waals surface area (Å²) in [7, 11) is 0. The first-order valence-corrected chi connectivity index (χ1v) is 14.4. The number of hydrogen-bond acceptors (Lipinski definition) is 5. The van der Waals surface area contributed by atoms with Gasteiger partial charge in [0.15, 0.2) is 5.69 Å². The number of amides is 3. The lowest BCUT2D eigenvalue weighted by Gasteiger charge is -2.36. The van der Waals surface area contributed by atoms with Gasteiger partial charge in [-0.15, -0.1) is 0 Å². The lowest BCUT2D eigenvalue weighted by atomic mass is 9.94. The molecule has 222 valence electrons. The maximum Gasteiger partial charge on any atom is 0.410 e. The van der Waals surface area contributed by atoms with Crippen molar-refractivity contribution in [2.24, 2.45) is 5.73 Å². The van der Waals surface area contributed by atoms with Gasteiger partial charge in [0.2, 0.25) is 0 Å². The van der Waals surface area contributed by atoms with Crippen molar-refractivity contribution in [2.45, 2.75) is 39.7 Å². The van der Waals surface area contributed by atoms with Crippen LogP contribution in [0.4, 0.5) is 4.79 Å². The number of nitrogens with two attached hydrogens (primary N) is 1. The molecule has 0 unspecified atom stereocenters. The Balaban J connectivity index is 1.36. The minimum Gasteiger partial charge on any atom is -0.444 e. The second-order valence-corrected chi connectivity index (χ2v) is 11.8. The standard InChI is InChI=1S/C34H37N5O4/c1-23-20-30(31(35)40)36-39(23)27-13-10-24(11-14-27)21-25-12-15-28(26-8-6-5-7-9-26)29(22-25)32(41)37-16-18-38(19-17-37)33(42)43-34(2,3)4/h5-15,20,22H,16-19,21H2,1-4H3,(H2,35,40). The maximum absolute atomic E-state index is 13.9. The van der Waals surface area contributed by atoms with E-state index in [2.05, 4.69) is 11.2 Å². The SMILES string of the molecule is Cc1cc(C(N)=O)nn1-c1ccc(Cc2ccc(-c3ccccc3)c(C(=O)N3CCN(C(=O)OC(C)(C)C)CC3)c2)cc1. The molecule has 1 fully saturated rings. The molecule has 9 nitrogen and oxygen atoms in total. The van der Waals surface area contributed by atoms with Crippen molar-refractivity contribution >= 4 is 17.9 Å². The third-order valence-corrected chi connectivity index (χ3v) is 7.35. The van der Waals surface area contributed by atoms with Crippen LogP contribution in [0.1, 0.15) is 58.4 Å². The fraction of sp³-hybridized carbons (Fsp3) is 0.294. The molecule has 3 amide bonds. The van der Waals surface area contributed by atoms with Gasteiger partial charge in [-0.25, -0.2) is 9.48 Å². The van der Waals surface area contributed by atoms with Gasteiger partial charge in [-0.2, -0.15) is 5.10 Å². The highest BCUT2D eigenvalue weighted by Gasteiger charge is 2.29. The molecule has 1 saturated heterocycles. The van der Waals surface area contributed by atoms with Crippen molar-refractivity contribution in [3.05, 3.63) is 107 Å². The number of benzene rings is 3. The van der Waals surface area contributed by atoms with Crippen molar-refractivity contribution in [3.8, 4) is 16.8 Å². The third kappa shape index (κ3) is 6.94. The van der Waals surface area contributed by atoms with Gasteiger partial charge in [-0.3, -0.25) is 9.59 Å². The Labute approximate surface area is 251 Å². The summed E-state index contributed by atoms with van der Waals surface area (Å²) in [6, 6.07) is 25.6. The Morgan fingerprint density at radius 2 is 1.47 bits per heavy atom. The first-order chi connectivity index (χ1) is 20.5. The van der Waals surface area contributed by atoms with Crippen LogP contribution in [0.5, 0.6) is 0 Å². The normalized spacial score (nSPS) is 13.6. The molecule has 4 aromatic rings. The van der Waals surface area contributed by atoms with Gasteiger partial charge in [0.25, 0.3) is 11.8 Å². The summed E-state index contributed by atoms with van der Waals surface area (Å²) in [4.78, 5) is 41.5. The van der Waals surface area contributed by atoms with E-state index < -0.39 is 11.5 Å². The fourth-order valence-corrected chi connectivity index (χ4v) is 5.18. The molecule has 9 heteroatoms. The van der Waals surface area contributed by atoms with Gasteiger partial charge < -0.3 is 20.3 Å². The molecule has 5 rings (SSSR count). The van der Waals surface area contributed by atoms with Crippen LogP contribution >= 0.6 is 0 Å². The van der Waals surface area contributed by atoms with Gasteiger partial charge in [0.05, 0.1) is 5.69 Å². The molecule has 2 heterocycles. The molecular weight excluding hydrogens is 542 g/mol. The molecule has 1 aliphatic rings. The van der Waals surface area contributed by atoms with Crippen LogP contribution in [-0.2, 0) is 11.2 Å². The molecule has 0 radical (unpaired) electrons. The Morgan fingerprint density at radius 1 is 0.837 bits per heavy atom. The zero-order valence-corrected chi connectivity index (χ0v) is 25.0. The number of piperazine rings is 1. The number of ether oxygens (including phenoxy) is 1. The Bertz CT molecular complexity index is 1630. The van der Waals surface area contributed by atoms with E-state index in [4.69, 9.17) is 10.5 Å². The highest BCUT2D eigenvalue weighted by Crippen LogP contribution is 2.28. The minimum atomic E-state index is -0.568. The summed E-state index contributed by atoms with van der Waals surface area (Å²) < 4.78 is 7.21. The molecule has 43 heavy (non-hydrogen) atoms. The quantitative estimate of drug-likeness (QED) is 0.336. The van der Waals surface area contributed by atoms with Gasteiger partial charge >= 0.3 is 6.09 Å². The first-order valence-electron chi connectivity index (χ1n) is 14.4. The third-order valence-electron chi connectivity index (χ3n) is 7.35. The molecule has 0 bridgehead atoms. The summed E-state index contributed by atoms with van der Waals surface area (Å²) in [6.07, 6.45) is 0.278. The summed E-state index contributed by atoms with van der Waals surface area (Å²) >= 11 is 0. The van der Waals surface area contributed by atoms with E-state index in [0.717, 1.165) is 33.6 Å². The zero-order chi connectivity index (χ0) is 30.7. The van der Waals surface area contributed by atoms with E-state index in [1.54, 1.807) is 15.6 Å². The summed E-state index contributed by atoms with van der Waals surface area (Å²) in [6.45, 7) is 9.12. The number of nitrogens with zero attached hydrogens (tertiary/aromatic N) is 4. The number of aryl methyl sites for hydroxylation is 1. The van der Waals surface area contributed by atoms with Crippen molar-refractivity contribution in [1.82, 2.24) is 19.6 Å². The Morgan fingerprint density at radius 3 is 2.07 bits per heavy atom. The van der Waals surface area contributed by atoms with E-state index >= 15 is 0 Å². The second-order valence-electron chi connectivity index (χ2n) is 11.8. The predicted molar refractivity (Wildman–Crippen MR) is 165 cm³/mol. The lowest BCUT2D eigenvalue weighted by molar-refractivity contribution is 0.0141. The molecule has 1 aliphatic heterocycles. The van der Waals surface area contributed by atoms with Crippen LogP contribution in [0, 0.1) is 6.92 Å². The maximum atomic E-state index is 13.9. The number of carbonyl (C=O) groups is 3. The number of hydrogen-bond donors (Lipinski definition) is 1. The van der Waals surface area contributed by atoms with Crippen LogP contribution in [0.2, 0.25) is 0 Å². The lowest BCUT2D eigenvalue weighted by Crippen LogP contribution is -2.51. The van der Waals surface area contributed by atoms with E-state index in [-0.39, 0.29) is 17.7 Å². The molecular formula is C34H37N5O4. The number of carbonyl (C=O) groups excluding carboxylic acids is 3. The monoisotopic (exact) mass is 579 g/mol. The van der Waals surface area contributed by atoms with Gasteiger partial charge in [-0.05, 0) is 80.6 Å². The predicted octanol–water partition coefficient (Wildman–Crippen LogP) is 5.23. The van der Waals surface area contributed by atoms with Crippen molar-refractivity contribution in [2.75, 3.05) is 26.2 Å². The molecule has 0 saturated carbocycles. The molecule has 2 N–H and O–H groups in total. The first kappa shape index (κ1) is 29.6. The van der Waals surface area contributed by atoms with Gasteiger partial charge in [0.1, 0.15) is 5.60 Å². The number of rotatable bonds is 6. The summed E-state index contributed by atoms with van der Waals surface area (Å²) in [5.74, 6) is -0.619. The number of aromatic nitrogens is 2. The van der Waals surface area contributed by atoms with Crippen LogP contribution < -0.4 is 5.73 Å². The van der Waals surface area contributed by atoms with E-state index in [9.17, 15) is 14.4 Å². The van der Waals surface area contributed by atoms with Crippen LogP contribution in [0.15, 0.2) is 78.9 Å². The average Bonchev–Trinajstić information content (AvgIpc) is 3.38. The number of primary amides is 1. The molecule has 0 aliphatic carbocycles. The smallest absolute Gasteiger partial charge is 0.410 e. The zero-order valence-electron chi connectivity index (χ0n) is 25.0. The van der Waals surface area contributed by atoms with Crippen molar-refractivity contribution in [3.63, 3.8) is 0 Å². The van der Waals surface area contributed by atoms with Gasteiger partial charge in [-0.1, -0.05) is 54.6 Å². The van der Waals surface area contributed by atoms with Crippen LogP contribution in [-0.4, -0.2) is 69.3 Å². The van der Waals surface area contributed by atoms with E-state index in [1.165, 1.54) is 0 Å². The fourth-order valence-electron chi connectivity index (χ4n) is 5.18. The Kier molecular flexibility index (Phi) is 8.34. The van der Waals surface area contributed by atoms with E-state index in [0.29, 0.717) is 38.2 Å². The van der Waals surface area contributed by atoms with E-state index in [1.807, 2.05) is 99.3 Å². The second kappa shape index (κ2) is 12.1. The highest BCUT2D eigenvalue weighted by molar-refractivity contribution is 6.01. The minimum absolute atomic E-state index is 0.0562. The van der Waals surface area contributed by atoms with Crippen LogP contribution in [0.3, 0.4) is 0 Å². The molecule has 3 aromatic carbocycles. The van der Waals surface area contributed by atoms with Crippen molar-refractivity contribution < 1.29 is 19.1 Å².